The van der Waals surface area contributed by atoms with E-state index in [0.717, 1.165) is 5.56 Å². The molecule has 0 saturated carbocycles. The minimum absolute atomic E-state index is 0.0457. The Balaban J connectivity index is 1.80. The van der Waals surface area contributed by atoms with Crippen molar-refractivity contribution < 1.29 is 9.59 Å². The van der Waals surface area contributed by atoms with E-state index >= 15 is 0 Å². The van der Waals surface area contributed by atoms with Crippen molar-refractivity contribution in [1.29, 1.82) is 0 Å². The molecule has 3 rings (SSSR count). The van der Waals surface area contributed by atoms with Crippen molar-refractivity contribution in [2.75, 3.05) is 5.32 Å². The highest BCUT2D eigenvalue weighted by atomic mass is 35.5. The topological polar surface area (TPSA) is 49.4 Å². The molecule has 0 fully saturated rings. The van der Waals surface area contributed by atoms with Crippen LogP contribution in [0.25, 0.3) is 0 Å². The van der Waals surface area contributed by atoms with Crippen LogP contribution in [0, 0.1) is 0 Å². The van der Waals surface area contributed by atoms with Gasteiger partial charge in [0.25, 0.3) is 5.91 Å². The molecule has 0 bridgehead atoms. The fourth-order valence-electron chi connectivity index (χ4n) is 2.89. The second kappa shape index (κ2) is 7.53. The number of carbonyl (C=O) groups excluding carboxylic acids is 2. The Hall–Kier alpha value is -2.59. The third-order valence-electron chi connectivity index (χ3n) is 4.29. The van der Waals surface area contributed by atoms with Crippen molar-refractivity contribution in [2.24, 2.45) is 0 Å². The van der Waals surface area contributed by atoms with Gasteiger partial charge in [0.15, 0.2) is 0 Å². The molecular weight excluding hydrogens is 336 g/mol. The quantitative estimate of drug-likeness (QED) is 0.886. The summed E-state index contributed by atoms with van der Waals surface area (Å²) in [7, 11) is 0. The predicted molar refractivity (Wildman–Crippen MR) is 99.0 cm³/mol. The average Bonchev–Trinajstić information content (AvgIpc) is 2.61. The molecule has 2 amide bonds. The van der Waals surface area contributed by atoms with E-state index in [4.69, 9.17) is 11.6 Å². The number of nitrogens with zero attached hydrogens (tertiary/aromatic N) is 1. The summed E-state index contributed by atoms with van der Waals surface area (Å²) in [6, 6.07) is 16.7. The molecule has 0 aliphatic carbocycles. The highest BCUT2D eigenvalue weighted by Gasteiger charge is 2.27. The molecule has 0 spiro atoms. The molecule has 2 aromatic rings. The Bertz CT molecular complexity index is 813. The molecular formula is C20H19ClN2O2. The summed E-state index contributed by atoms with van der Waals surface area (Å²) in [4.78, 5) is 26.6. The van der Waals surface area contributed by atoms with Crippen LogP contribution < -0.4 is 5.32 Å². The lowest BCUT2D eigenvalue weighted by molar-refractivity contribution is -0.130. The van der Waals surface area contributed by atoms with Crippen molar-refractivity contribution in [3.8, 4) is 0 Å². The summed E-state index contributed by atoms with van der Waals surface area (Å²) in [5, 5.41) is 3.49. The normalized spacial score (nSPS) is 14.6. The van der Waals surface area contributed by atoms with Gasteiger partial charge in [-0.15, -0.1) is 0 Å². The van der Waals surface area contributed by atoms with Crippen molar-refractivity contribution in [3.63, 3.8) is 0 Å². The molecule has 1 aliphatic rings. The van der Waals surface area contributed by atoms with Crippen LogP contribution >= 0.6 is 11.6 Å². The maximum absolute atomic E-state index is 12.6. The van der Waals surface area contributed by atoms with E-state index in [-0.39, 0.29) is 11.8 Å². The standard InChI is InChI=1S/C20H19ClN2O2/c1-14-18(20(25)22-17-9-7-16(21)8-10-17)11-12-19(24)23(14)13-15-5-3-2-4-6-15/h2-10H,11-13H2,1H3,(H,22,25). The molecule has 0 radical (unpaired) electrons. The largest absolute Gasteiger partial charge is 0.322 e. The van der Waals surface area contributed by atoms with Gasteiger partial charge < -0.3 is 10.2 Å². The van der Waals surface area contributed by atoms with Crippen LogP contribution in [0.15, 0.2) is 65.9 Å². The van der Waals surface area contributed by atoms with Crippen LogP contribution in [0.4, 0.5) is 5.69 Å². The first-order valence-corrected chi connectivity index (χ1v) is 8.53. The van der Waals surface area contributed by atoms with Crippen molar-refractivity contribution >= 4 is 29.1 Å². The molecule has 0 unspecified atom stereocenters. The zero-order valence-corrected chi connectivity index (χ0v) is 14.7. The van der Waals surface area contributed by atoms with Gasteiger partial charge in [0.1, 0.15) is 0 Å². The van der Waals surface area contributed by atoms with E-state index in [1.54, 1.807) is 29.2 Å². The van der Waals surface area contributed by atoms with Crippen LogP contribution in [0.2, 0.25) is 5.02 Å². The van der Waals surface area contributed by atoms with Crippen LogP contribution in [0.3, 0.4) is 0 Å². The molecule has 5 heteroatoms. The third-order valence-corrected chi connectivity index (χ3v) is 4.54. The number of anilines is 1. The number of benzene rings is 2. The number of nitrogens with one attached hydrogen (secondary N) is 1. The summed E-state index contributed by atoms with van der Waals surface area (Å²) in [5.74, 6) is -0.130. The number of carbonyl (C=O) groups is 2. The summed E-state index contributed by atoms with van der Waals surface area (Å²) in [6.07, 6.45) is 0.795. The number of hydrogen-bond donors (Lipinski definition) is 1. The van der Waals surface area contributed by atoms with E-state index in [9.17, 15) is 9.59 Å². The van der Waals surface area contributed by atoms with Gasteiger partial charge in [-0.3, -0.25) is 9.59 Å². The zero-order valence-electron chi connectivity index (χ0n) is 14.0. The molecule has 0 saturated heterocycles. The SMILES string of the molecule is CC1=C(C(=O)Nc2ccc(Cl)cc2)CCC(=O)N1Cc1ccccc1. The highest BCUT2D eigenvalue weighted by Crippen LogP contribution is 2.26. The Morgan fingerprint density at radius 3 is 2.44 bits per heavy atom. The second-order valence-electron chi connectivity index (χ2n) is 5.99. The van der Waals surface area contributed by atoms with E-state index in [0.29, 0.717) is 41.4 Å². The van der Waals surface area contributed by atoms with Gasteiger partial charge >= 0.3 is 0 Å². The molecule has 0 atom stereocenters. The number of amides is 2. The lowest BCUT2D eigenvalue weighted by Gasteiger charge is -2.30. The first-order valence-electron chi connectivity index (χ1n) is 8.15. The van der Waals surface area contributed by atoms with Gasteiger partial charge in [0.05, 0.1) is 6.54 Å². The second-order valence-corrected chi connectivity index (χ2v) is 6.43. The van der Waals surface area contributed by atoms with Crippen molar-refractivity contribution in [2.45, 2.75) is 26.3 Å². The zero-order chi connectivity index (χ0) is 17.8. The first kappa shape index (κ1) is 17.2. The molecule has 1 aliphatic heterocycles. The molecule has 2 aromatic carbocycles. The fraction of sp³-hybridized carbons (Fsp3) is 0.200. The molecule has 128 valence electrons. The fourth-order valence-corrected chi connectivity index (χ4v) is 3.01. The Morgan fingerprint density at radius 1 is 1.08 bits per heavy atom. The third kappa shape index (κ3) is 4.09. The van der Waals surface area contributed by atoms with E-state index in [1.807, 2.05) is 37.3 Å². The van der Waals surface area contributed by atoms with Gasteiger partial charge in [0.2, 0.25) is 5.91 Å². The number of rotatable bonds is 4. The molecule has 0 aromatic heterocycles. The van der Waals surface area contributed by atoms with E-state index in [2.05, 4.69) is 5.32 Å². The summed E-state index contributed by atoms with van der Waals surface area (Å²) in [6.45, 7) is 2.31. The van der Waals surface area contributed by atoms with Gasteiger partial charge in [-0.1, -0.05) is 41.9 Å². The van der Waals surface area contributed by atoms with E-state index in [1.165, 1.54) is 0 Å². The summed E-state index contributed by atoms with van der Waals surface area (Å²) in [5.41, 5.74) is 3.08. The maximum Gasteiger partial charge on any atom is 0.253 e. The monoisotopic (exact) mass is 354 g/mol. The van der Waals surface area contributed by atoms with Crippen LogP contribution in [-0.4, -0.2) is 16.7 Å². The summed E-state index contributed by atoms with van der Waals surface area (Å²) < 4.78 is 0. The van der Waals surface area contributed by atoms with Gasteiger partial charge in [-0.25, -0.2) is 0 Å². The number of allylic oxidation sites excluding steroid dienone is 1. The number of hydrogen-bond acceptors (Lipinski definition) is 2. The number of halogens is 1. The van der Waals surface area contributed by atoms with Crippen LogP contribution in [0.5, 0.6) is 0 Å². The lowest BCUT2D eigenvalue weighted by atomic mass is 10.0. The smallest absolute Gasteiger partial charge is 0.253 e. The van der Waals surface area contributed by atoms with Gasteiger partial charge in [-0.05, 0) is 43.2 Å². The van der Waals surface area contributed by atoms with Crippen molar-refractivity contribution in [3.05, 3.63) is 76.5 Å². The minimum atomic E-state index is -0.176. The Kier molecular flexibility index (Phi) is 5.19. The molecule has 25 heavy (non-hydrogen) atoms. The molecule has 4 nitrogen and oxygen atoms in total. The van der Waals surface area contributed by atoms with E-state index < -0.39 is 0 Å². The minimum Gasteiger partial charge on any atom is -0.322 e. The predicted octanol–water partition coefficient (Wildman–Crippen LogP) is 4.38. The van der Waals surface area contributed by atoms with Crippen molar-refractivity contribution in [1.82, 2.24) is 4.90 Å². The van der Waals surface area contributed by atoms with Crippen LogP contribution in [0.1, 0.15) is 25.3 Å². The molecule has 1 heterocycles. The highest BCUT2D eigenvalue weighted by molar-refractivity contribution is 6.30. The first-order chi connectivity index (χ1) is 12.0. The Morgan fingerprint density at radius 2 is 1.76 bits per heavy atom. The van der Waals surface area contributed by atoms with Gasteiger partial charge in [0, 0.05) is 28.4 Å². The van der Waals surface area contributed by atoms with Crippen LogP contribution in [-0.2, 0) is 16.1 Å². The maximum atomic E-state index is 12.6. The average molecular weight is 355 g/mol. The van der Waals surface area contributed by atoms with Gasteiger partial charge in [-0.2, -0.15) is 0 Å². The summed E-state index contributed by atoms with van der Waals surface area (Å²) >= 11 is 5.87. The Labute approximate surface area is 152 Å². The lowest BCUT2D eigenvalue weighted by Crippen LogP contribution is -2.35. The molecule has 1 N–H and O–H groups in total.